The Hall–Kier alpha value is -0.0800. The molecule has 0 aliphatic carbocycles. The minimum atomic E-state index is 0.645. The molecule has 0 radical (unpaired) electrons. The van der Waals surface area contributed by atoms with Gasteiger partial charge in [0.05, 0.1) is 0 Å². The van der Waals surface area contributed by atoms with Gasteiger partial charge in [0.25, 0.3) is 0 Å². The van der Waals surface area contributed by atoms with Crippen molar-refractivity contribution in [3.05, 3.63) is 0 Å². The Morgan fingerprint density at radius 3 is 2.10 bits per heavy atom. The van der Waals surface area contributed by atoms with E-state index in [-0.39, 0.29) is 0 Å². The van der Waals surface area contributed by atoms with Gasteiger partial charge in [0.15, 0.2) is 0 Å². The molecule has 2 heteroatoms. The van der Waals surface area contributed by atoms with E-state index < -0.39 is 0 Å². The van der Waals surface area contributed by atoms with Crippen molar-refractivity contribution in [2.24, 2.45) is 23.3 Å². The molecule has 0 fully saturated rings. The zero-order valence-corrected chi connectivity index (χ0v) is 7.14. The fourth-order valence-corrected chi connectivity index (χ4v) is 0.957. The first-order valence-electron chi connectivity index (χ1n) is 4.12. The number of rotatable bonds is 5. The SMILES string of the molecule is C[C@H](CN)[C@H](C)CCCN. The molecule has 0 aliphatic rings. The average Bonchev–Trinajstić information content (AvgIpc) is 1.98. The van der Waals surface area contributed by atoms with Crippen LogP contribution >= 0.6 is 0 Å². The highest BCUT2D eigenvalue weighted by Gasteiger charge is 2.08. The Balaban J connectivity index is 3.31. The third-order valence-electron chi connectivity index (χ3n) is 2.21. The third kappa shape index (κ3) is 3.85. The first-order chi connectivity index (χ1) is 4.72. The average molecular weight is 144 g/mol. The first-order valence-corrected chi connectivity index (χ1v) is 4.12. The molecule has 0 rings (SSSR count). The monoisotopic (exact) mass is 144 g/mol. The van der Waals surface area contributed by atoms with Gasteiger partial charge >= 0.3 is 0 Å². The van der Waals surface area contributed by atoms with Crippen molar-refractivity contribution in [1.29, 1.82) is 0 Å². The normalized spacial score (nSPS) is 16.8. The van der Waals surface area contributed by atoms with Crippen LogP contribution in [0.15, 0.2) is 0 Å². The molecule has 2 nitrogen and oxygen atoms in total. The predicted molar refractivity (Wildman–Crippen MR) is 45.7 cm³/mol. The maximum Gasteiger partial charge on any atom is -0.00490 e. The lowest BCUT2D eigenvalue weighted by atomic mass is 9.92. The molecule has 0 saturated heterocycles. The summed E-state index contributed by atoms with van der Waals surface area (Å²) in [5, 5.41) is 0. The molecule has 10 heavy (non-hydrogen) atoms. The van der Waals surface area contributed by atoms with Crippen LogP contribution in [0.2, 0.25) is 0 Å². The summed E-state index contributed by atoms with van der Waals surface area (Å²) in [6.07, 6.45) is 2.35. The van der Waals surface area contributed by atoms with Crippen LogP contribution in [0.1, 0.15) is 26.7 Å². The zero-order valence-electron chi connectivity index (χ0n) is 7.14. The number of hydrogen-bond acceptors (Lipinski definition) is 2. The topological polar surface area (TPSA) is 52.0 Å². The summed E-state index contributed by atoms with van der Waals surface area (Å²) in [6.45, 7) is 6.04. The van der Waals surface area contributed by atoms with Gasteiger partial charge in [-0.3, -0.25) is 0 Å². The summed E-state index contributed by atoms with van der Waals surface area (Å²) in [5.74, 6) is 1.38. The van der Waals surface area contributed by atoms with Crippen LogP contribution in [-0.2, 0) is 0 Å². The zero-order chi connectivity index (χ0) is 7.98. The molecule has 0 unspecified atom stereocenters. The Bertz CT molecular complexity index is 73.7. The molecule has 0 aromatic rings. The highest BCUT2D eigenvalue weighted by Crippen LogP contribution is 2.14. The van der Waals surface area contributed by atoms with Gasteiger partial charge in [-0.25, -0.2) is 0 Å². The molecule has 0 amide bonds. The van der Waals surface area contributed by atoms with Gasteiger partial charge in [0, 0.05) is 0 Å². The van der Waals surface area contributed by atoms with Gasteiger partial charge in [-0.15, -0.1) is 0 Å². The molecule has 4 N–H and O–H groups in total. The summed E-state index contributed by atoms with van der Waals surface area (Å²) in [7, 11) is 0. The van der Waals surface area contributed by atoms with Crippen LogP contribution in [0.5, 0.6) is 0 Å². The van der Waals surface area contributed by atoms with Gasteiger partial charge < -0.3 is 11.5 Å². The molecule has 62 valence electrons. The maximum absolute atomic E-state index is 5.51. The molecular weight excluding hydrogens is 124 g/mol. The van der Waals surface area contributed by atoms with Gasteiger partial charge in [-0.2, -0.15) is 0 Å². The molecule has 2 atom stereocenters. The van der Waals surface area contributed by atoms with Crippen LogP contribution < -0.4 is 11.5 Å². The summed E-state index contributed by atoms with van der Waals surface area (Å²) in [4.78, 5) is 0. The van der Waals surface area contributed by atoms with Crippen molar-refractivity contribution in [2.45, 2.75) is 26.7 Å². The Morgan fingerprint density at radius 2 is 1.70 bits per heavy atom. The summed E-state index contributed by atoms with van der Waals surface area (Å²) < 4.78 is 0. The van der Waals surface area contributed by atoms with Crippen molar-refractivity contribution in [2.75, 3.05) is 13.1 Å². The summed E-state index contributed by atoms with van der Waals surface area (Å²) in [5.41, 5.74) is 10.9. The van der Waals surface area contributed by atoms with E-state index in [2.05, 4.69) is 13.8 Å². The Labute approximate surface area is 64.0 Å². The van der Waals surface area contributed by atoms with E-state index in [4.69, 9.17) is 11.5 Å². The second kappa shape index (κ2) is 5.69. The van der Waals surface area contributed by atoms with Crippen LogP contribution in [0.25, 0.3) is 0 Å². The van der Waals surface area contributed by atoms with E-state index in [1.165, 1.54) is 6.42 Å². The first kappa shape index (κ1) is 9.92. The van der Waals surface area contributed by atoms with Crippen LogP contribution in [0.3, 0.4) is 0 Å². The third-order valence-corrected chi connectivity index (χ3v) is 2.21. The molecule has 0 saturated carbocycles. The second-order valence-corrected chi connectivity index (χ2v) is 3.12. The lowest BCUT2D eigenvalue weighted by molar-refractivity contribution is 0.366. The largest absolute Gasteiger partial charge is 0.330 e. The quantitative estimate of drug-likeness (QED) is 0.603. The number of nitrogens with two attached hydrogens (primary N) is 2. The Kier molecular flexibility index (Phi) is 5.64. The van der Waals surface area contributed by atoms with Crippen molar-refractivity contribution in [3.63, 3.8) is 0 Å². The number of hydrogen-bond donors (Lipinski definition) is 2. The molecule has 0 bridgehead atoms. The summed E-state index contributed by atoms with van der Waals surface area (Å²) in [6, 6.07) is 0. The fraction of sp³-hybridized carbons (Fsp3) is 1.00. The van der Waals surface area contributed by atoms with E-state index in [1.807, 2.05) is 0 Å². The van der Waals surface area contributed by atoms with E-state index in [9.17, 15) is 0 Å². The highest BCUT2D eigenvalue weighted by molar-refractivity contribution is 4.62. The van der Waals surface area contributed by atoms with Crippen molar-refractivity contribution in [1.82, 2.24) is 0 Å². The minimum Gasteiger partial charge on any atom is -0.330 e. The fourth-order valence-electron chi connectivity index (χ4n) is 0.957. The molecule has 0 heterocycles. The standard InChI is InChI=1S/C8H20N2/c1-7(4-3-5-9)8(2)6-10/h7-8H,3-6,9-10H2,1-2H3/t7-,8-/m1/s1. The molecule has 0 aromatic carbocycles. The lowest BCUT2D eigenvalue weighted by Gasteiger charge is -2.16. The highest BCUT2D eigenvalue weighted by atomic mass is 14.5. The maximum atomic E-state index is 5.51. The Morgan fingerprint density at radius 1 is 1.10 bits per heavy atom. The van der Waals surface area contributed by atoms with E-state index in [0.29, 0.717) is 5.92 Å². The molecule has 0 aromatic heterocycles. The van der Waals surface area contributed by atoms with E-state index >= 15 is 0 Å². The van der Waals surface area contributed by atoms with E-state index in [1.54, 1.807) is 0 Å². The van der Waals surface area contributed by atoms with Gasteiger partial charge in [-0.1, -0.05) is 13.8 Å². The van der Waals surface area contributed by atoms with Crippen LogP contribution in [0.4, 0.5) is 0 Å². The minimum absolute atomic E-state index is 0.645. The lowest BCUT2D eigenvalue weighted by Crippen LogP contribution is -2.19. The van der Waals surface area contributed by atoms with Crippen LogP contribution in [0, 0.1) is 11.8 Å². The second-order valence-electron chi connectivity index (χ2n) is 3.12. The summed E-state index contributed by atoms with van der Waals surface area (Å²) >= 11 is 0. The van der Waals surface area contributed by atoms with E-state index in [0.717, 1.165) is 25.4 Å². The van der Waals surface area contributed by atoms with Crippen molar-refractivity contribution < 1.29 is 0 Å². The smallest absolute Gasteiger partial charge is 0.00490 e. The van der Waals surface area contributed by atoms with Gasteiger partial charge in [0.2, 0.25) is 0 Å². The van der Waals surface area contributed by atoms with Crippen LogP contribution in [-0.4, -0.2) is 13.1 Å². The molecular formula is C8H20N2. The molecule has 0 spiro atoms. The van der Waals surface area contributed by atoms with Crippen molar-refractivity contribution >= 4 is 0 Å². The van der Waals surface area contributed by atoms with Gasteiger partial charge in [0.1, 0.15) is 0 Å². The van der Waals surface area contributed by atoms with Crippen molar-refractivity contribution in [3.8, 4) is 0 Å². The predicted octanol–water partition coefficient (Wildman–Crippen LogP) is 0.956. The molecule has 0 aliphatic heterocycles. The van der Waals surface area contributed by atoms with Gasteiger partial charge in [-0.05, 0) is 37.8 Å².